The van der Waals surface area contributed by atoms with E-state index in [4.69, 9.17) is 0 Å². The monoisotopic (exact) mass is 177 g/mol. The SMILES string of the molecule is Cc1ccc(C2=CCNC2)c(F)c1. The fraction of sp³-hybridized carbons (Fsp3) is 0.273. The van der Waals surface area contributed by atoms with Gasteiger partial charge in [0, 0.05) is 18.7 Å². The summed E-state index contributed by atoms with van der Waals surface area (Å²) in [5.74, 6) is -0.116. The lowest BCUT2D eigenvalue weighted by molar-refractivity contribution is 0.622. The van der Waals surface area contributed by atoms with Gasteiger partial charge in [0.25, 0.3) is 0 Å². The van der Waals surface area contributed by atoms with Gasteiger partial charge in [-0.1, -0.05) is 18.2 Å². The van der Waals surface area contributed by atoms with Crippen LogP contribution < -0.4 is 5.32 Å². The van der Waals surface area contributed by atoms with E-state index in [2.05, 4.69) is 5.32 Å². The van der Waals surface area contributed by atoms with E-state index in [0.29, 0.717) is 0 Å². The van der Waals surface area contributed by atoms with E-state index in [-0.39, 0.29) is 5.82 Å². The Labute approximate surface area is 77.3 Å². The zero-order valence-electron chi connectivity index (χ0n) is 7.60. The summed E-state index contributed by atoms with van der Waals surface area (Å²) in [6, 6.07) is 5.37. The number of halogens is 1. The van der Waals surface area contributed by atoms with Crippen molar-refractivity contribution in [3.05, 3.63) is 41.2 Å². The number of rotatable bonds is 1. The predicted octanol–water partition coefficient (Wildman–Crippen LogP) is 2.12. The lowest BCUT2D eigenvalue weighted by Gasteiger charge is -2.04. The van der Waals surface area contributed by atoms with E-state index in [0.717, 1.165) is 29.8 Å². The van der Waals surface area contributed by atoms with E-state index < -0.39 is 0 Å². The van der Waals surface area contributed by atoms with E-state index in [9.17, 15) is 4.39 Å². The predicted molar refractivity (Wildman–Crippen MR) is 52.0 cm³/mol. The van der Waals surface area contributed by atoms with Crippen LogP contribution in [0.2, 0.25) is 0 Å². The lowest BCUT2D eigenvalue weighted by Crippen LogP contribution is -2.08. The van der Waals surface area contributed by atoms with Gasteiger partial charge in [0.15, 0.2) is 0 Å². The molecule has 0 radical (unpaired) electrons. The van der Waals surface area contributed by atoms with Gasteiger partial charge in [0.2, 0.25) is 0 Å². The van der Waals surface area contributed by atoms with E-state index in [1.54, 1.807) is 6.07 Å². The van der Waals surface area contributed by atoms with E-state index in [1.165, 1.54) is 0 Å². The van der Waals surface area contributed by atoms with Gasteiger partial charge >= 0.3 is 0 Å². The van der Waals surface area contributed by atoms with Crippen LogP contribution in [0.25, 0.3) is 5.57 Å². The van der Waals surface area contributed by atoms with Crippen molar-refractivity contribution in [1.29, 1.82) is 0 Å². The number of aryl methyl sites for hydroxylation is 1. The minimum Gasteiger partial charge on any atom is -0.309 e. The Morgan fingerprint density at radius 1 is 1.38 bits per heavy atom. The van der Waals surface area contributed by atoms with Crippen LogP contribution in [-0.2, 0) is 0 Å². The maximum Gasteiger partial charge on any atom is 0.131 e. The van der Waals surface area contributed by atoms with Crippen LogP contribution in [0.1, 0.15) is 11.1 Å². The Balaban J connectivity index is 2.40. The van der Waals surface area contributed by atoms with Gasteiger partial charge in [-0.25, -0.2) is 4.39 Å². The van der Waals surface area contributed by atoms with Gasteiger partial charge < -0.3 is 5.32 Å². The molecule has 1 aliphatic rings. The lowest BCUT2D eigenvalue weighted by atomic mass is 10.0. The summed E-state index contributed by atoms with van der Waals surface area (Å²) in [7, 11) is 0. The molecule has 0 fully saturated rings. The third-order valence-corrected chi connectivity index (χ3v) is 2.28. The van der Waals surface area contributed by atoms with E-state index in [1.807, 2.05) is 25.1 Å². The molecule has 0 saturated heterocycles. The third-order valence-electron chi connectivity index (χ3n) is 2.28. The fourth-order valence-electron chi connectivity index (χ4n) is 1.56. The molecule has 13 heavy (non-hydrogen) atoms. The zero-order chi connectivity index (χ0) is 9.26. The van der Waals surface area contributed by atoms with Crippen molar-refractivity contribution in [3.63, 3.8) is 0 Å². The molecular weight excluding hydrogens is 165 g/mol. The summed E-state index contributed by atoms with van der Waals surface area (Å²) in [5.41, 5.74) is 2.76. The fourth-order valence-corrected chi connectivity index (χ4v) is 1.56. The van der Waals surface area contributed by atoms with Crippen LogP contribution >= 0.6 is 0 Å². The van der Waals surface area contributed by atoms with Gasteiger partial charge in [-0.2, -0.15) is 0 Å². The van der Waals surface area contributed by atoms with Crippen molar-refractivity contribution in [3.8, 4) is 0 Å². The molecular formula is C11H12FN. The van der Waals surface area contributed by atoms with Crippen molar-refractivity contribution in [1.82, 2.24) is 5.32 Å². The van der Waals surface area contributed by atoms with Crippen molar-refractivity contribution in [2.45, 2.75) is 6.92 Å². The minimum atomic E-state index is -0.116. The van der Waals surface area contributed by atoms with E-state index >= 15 is 0 Å². The Morgan fingerprint density at radius 2 is 2.23 bits per heavy atom. The topological polar surface area (TPSA) is 12.0 Å². The molecule has 1 aromatic rings. The molecule has 0 spiro atoms. The first-order chi connectivity index (χ1) is 6.27. The molecule has 0 aromatic heterocycles. The average Bonchev–Trinajstić information content (AvgIpc) is 2.56. The molecule has 0 aliphatic carbocycles. The third kappa shape index (κ3) is 1.63. The summed E-state index contributed by atoms with van der Waals surface area (Å²) in [5, 5.41) is 3.15. The quantitative estimate of drug-likeness (QED) is 0.692. The van der Waals surface area contributed by atoms with Crippen LogP contribution in [-0.4, -0.2) is 13.1 Å². The Kier molecular flexibility index (Phi) is 2.15. The van der Waals surface area contributed by atoms with Gasteiger partial charge in [-0.05, 0) is 24.1 Å². The van der Waals surface area contributed by atoms with Gasteiger partial charge in [0.1, 0.15) is 5.82 Å². The highest BCUT2D eigenvalue weighted by Gasteiger charge is 2.10. The molecule has 0 amide bonds. The first kappa shape index (κ1) is 8.45. The first-order valence-electron chi connectivity index (χ1n) is 4.43. The molecule has 1 aromatic carbocycles. The first-order valence-corrected chi connectivity index (χ1v) is 4.43. The number of hydrogen-bond acceptors (Lipinski definition) is 1. The Morgan fingerprint density at radius 3 is 2.85 bits per heavy atom. The molecule has 0 bridgehead atoms. The molecule has 1 heterocycles. The van der Waals surface area contributed by atoms with Crippen molar-refractivity contribution < 1.29 is 4.39 Å². The zero-order valence-corrected chi connectivity index (χ0v) is 7.60. The van der Waals surface area contributed by atoms with Crippen molar-refractivity contribution in [2.24, 2.45) is 0 Å². The summed E-state index contributed by atoms with van der Waals surface area (Å²) in [6.07, 6.45) is 2.04. The van der Waals surface area contributed by atoms with Crippen LogP contribution in [0.15, 0.2) is 24.3 Å². The second kappa shape index (κ2) is 3.30. The second-order valence-electron chi connectivity index (χ2n) is 3.34. The highest BCUT2D eigenvalue weighted by Crippen LogP contribution is 2.20. The smallest absolute Gasteiger partial charge is 0.131 e. The molecule has 0 unspecified atom stereocenters. The van der Waals surface area contributed by atoms with Gasteiger partial charge in [-0.3, -0.25) is 0 Å². The highest BCUT2D eigenvalue weighted by molar-refractivity contribution is 5.69. The molecule has 0 saturated carbocycles. The molecule has 1 aliphatic heterocycles. The van der Waals surface area contributed by atoms with Gasteiger partial charge in [0.05, 0.1) is 0 Å². The van der Waals surface area contributed by atoms with Crippen LogP contribution in [0, 0.1) is 12.7 Å². The summed E-state index contributed by atoms with van der Waals surface area (Å²) >= 11 is 0. The number of benzene rings is 1. The molecule has 2 rings (SSSR count). The number of nitrogens with one attached hydrogen (secondary N) is 1. The second-order valence-corrected chi connectivity index (χ2v) is 3.34. The average molecular weight is 177 g/mol. The summed E-state index contributed by atoms with van der Waals surface area (Å²) in [6.45, 7) is 3.52. The molecule has 1 N–H and O–H groups in total. The summed E-state index contributed by atoms with van der Waals surface area (Å²) < 4.78 is 13.4. The van der Waals surface area contributed by atoms with Crippen LogP contribution in [0.4, 0.5) is 4.39 Å². The maximum absolute atomic E-state index is 13.4. The normalized spacial score (nSPS) is 16.0. The number of hydrogen-bond donors (Lipinski definition) is 1. The largest absolute Gasteiger partial charge is 0.309 e. The Bertz CT molecular complexity index is 355. The van der Waals surface area contributed by atoms with Crippen LogP contribution in [0.3, 0.4) is 0 Å². The minimum absolute atomic E-state index is 0.116. The van der Waals surface area contributed by atoms with Crippen LogP contribution in [0.5, 0.6) is 0 Å². The maximum atomic E-state index is 13.4. The molecule has 2 heteroatoms. The van der Waals surface area contributed by atoms with Crippen molar-refractivity contribution in [2.75, 3.05) is 13.1 Å². The summed E-state index contributed by atoms with van der Waals surface area (Å²) in [4.78, 5) is 0. The Hall–Kier alpha value is -1.15. The standard InChI is InChI=1S/C11H12FN/c1-8-2-3-10(11(12)6-8)9-4-5-13-7-9/h2-4,6,13H,5,7H2,1H3. The highest BCUT2D eigenvalue weighted by atomic mass is 19.1. The van der Waals surface area contributed by atoms with Crippen molar-refractivity contribution >= 4 is 5.57 Å². The molecule has 68 valence electrons. The van der Waals surface area contributed by atoms with Gasteiger partial charge in [-0.15, -0.1) is 0 Å². The molecule has 1 nitrogen and oxygen atoms in total. The molecule has 0 atom stereocenters.